The summed E-state index contributed by atoms with van der Waals surface area (Å²) >= 11 is 4.83. The zero-order valence-corrected chi connectivity index (χ0v) is 6.99. The van der Waals surface area contributed by atoms with Crippen LogP contribution in [0.2, 0.25) is 0 Å². The first-order valence-corrected chi connectivity index (χ1v) is 3.54. The lowest BCUT2D eigenvalue weighted by atomic mass is 10.3. The molecule has 0 aromatic carbocycles. The van der Waals surface area contributed by atoms with Gasteiger partial charge in [0.2, 0.25) is 0 Å². The van der Waals surface area contributed by atoms with Gasteiger partial charge in [-0.15, -0.1) is 0 Å². The molecule has 4 nitrogen and oxygen atoms in total. The van der Waals surface area contributed by atoms with E-state index in [-0.39, 0.29) is 5.69 Å². The molecule has 0 atom stereocenters. The highest BCUT2D eigenvalue weighted by Gasteiger charge is 1.97. The number of hydrogen-bond donors (Lipinski definition) is 2. The van der Waals surface area contributed by atoms with Crippen LogP contribution in [0, 0.1) is 4.77 Å². The molecule has 0 saturated heterocycles. The molecule has 1 heterocycles. The van der Waals surface area contributed by atoms with E-state index in [2.05, 4.69) is 16.8 Å². The van der Waals surface area contributed by atoms with E-state index in [0.717, 1.165) is 5.57 Å². The molecule has 0 spiro atoms. The van der Waals surface area contributed by atoms with Crippen LogP contribution in [-0.4, -0.2) is 14.8 Å². The minimum Gasteiger partial charge on any atom is -0.272 e. The topological polar surface area (TPSA) is 53.6 Å². The van der Waals surface area contributed by atoms with Gasteiger partial charge in [0, 0.05) is 0 Å². The summed E-state index contributed by atoms with van der Waals surface area (Å²) in [4.78, 5) is 10.9. The van der Waals surface area contributed by atoms with Crippen molar-refractivity contribution < 1.29 is 0 Å². The highest BCUT2D eigenvalue weighted by molar-refractivity contribution is 7.71. The molecule has 0 aliphatic heterocycles. The van der Waals surface area contributed by atoms with Gasteiger partial charge in [0.1, 0.15) is 0 Å². The number of allylic oxidation sites excluding steroid dienone is 1. The van der Waals surface area contributed by atoms with Crippen molar-refractivity contribution in [1.82, 2.24) is 14.8 Å². The highest BCUT2D eigenvalue weighted by Crippen LogP contribution is 1.91. The normalized spacial score (nSPS) is 9.91. The van der Waals surface area contributed by atoms with Crippen molar-refractivity contribution in [3.8, 4) is 0 Å². The molecule has 11 heavy (non-hydrogen) atoms. The van der Waals surface area contributed by atoms with E-state index in [4.69, 9.17) is 12.2 Å². The average Bonchev–Trinajstić information content (AvgIpc) is 2.18. The van der Waals surface area contributed by atoms with Crippen LogP contribution in [-0.2, 0) is 6.54 Å². The Kier molecular flexibility index (Phi) is 2.09. The summed E-state index contributed by atoms with van der Waals surface area (Å²) in [5, 5.41) is 4.92. The van der Waals surface area contributed by atoms with Crippen molar-refractivity contribution in [2.45, 2.75) is 13.5 Å². The molecule has 1 rings (SSSR count). The van der Waals surface area contributed by atoms with Crippen LogP contribution in [0.1, 0.15) is 6.92 Å². The maximum Gasteiger partial charge on any atom is 0.342 e. The van der Waals surface area contributed by atoms with Crippen LogP contribution in [0.4, 0.5) is 0 Å². The van der Waals surface area contributed by atoms with Gasteiger partial charge < -0.3 is 0 Å². The Balaban J connectivity index is 3.12. The average molecular weight is 171 g/mol. The number of nitrogens with zero attached hydrogens (tertiary/aromatic N) is 1. The van der Waals surface area contributed by atoms with Crippen molar-refractivity contribution in [1.29, 1.82) is 0 Å². The highest BCUT2D eigenvalue weighted by atomic mass is 32.1. The summed E-state index contributed by atoms with van der Waals surface area (Å²) in [6.45, 7) is 5.99. The Labute approximate surface area is 68.5 Å². The van der Waals surface area contributed by atoms with Gasteiger partial charge >= 0.3 is 5.69 Å². The maximum atomic E-state index is 10.9. The van der Waals surface area contributed by atoms with Gasteiger partial charge in [0.25, 0.3) is 0 Å². The third-order valence-corrected chi connectivity index (χ3v) is 1.52. The first-order chi connectivity index (χ1) is 5.11. The molecule has 1 aromatic heterocycles. The quantitative estimate of drug-likeness (QED) is 0.511. The molecule has 0 bridgehead atoms. The first kappa shape index (κ1) is 8.00. The fourth-order valence-corrected chi connectivity index (χ4v) is 0.946. The molecule has 0 amide bonds. The van der Waals surface area contributed by atoms with Crippen molar-refractivity contribution in [2.75, 3.05) is 0 Å². The maximum absolute atomic E-state index is 10.9. The summed E-state index contributed by atoms with van der Waals surface area (Å²) in [6, 6.07) is 0. The van der Waals surface area contributed by atoms with Gasteiger partial charge in [0.15, 0.2) is 4.77 Å². The Hall–Kier alpha value is -1.10. The number of aromatic nitrogens is 3. The third-order valence-electron chi connectivity index (χ3n) is 1.19. The summed E-state index contributed by atoms with van der Waals surface area (Å²) in [6.07, 6.45) is 0. The van der Waals surface area contributed by atoms with E-state index >= 15 is 0 Å². The standard InChI is InChI=1S/C6H9N3OS/c1-4(2)3-9-5(10)7-8-6(9)11/h1,3H2,2H3,(H,7,10)(H,8,11). The van der Waals surface area contributed by atoms with Gasteiger partial charge in [-0.2, -0.15) is 0 Å². The molecule has 60 valence electrons. The van der Waals surface area contributed by atoms with Crippen LogP contribution in [0.5, 0.6) is 0 Å². The van der Waals surface area contributed by atoms with Crippen LogP contribution < -0.4 is 5.69 Å². The predicted molar refractivity (Wildman–Crippen MR) is 45.1 cm³/mol. The van der Waals surface area contributed by atoms with Crippen LogP contribution >= 0.6 is 12.2 Å². The van der Waals surface area contributed by atoms with Gasteiger partial charge in [0.05, 0.1) is 6.54 Å². The van der Waals surface area contributed by atoms with Crippen molar-refractivity contribution >= 4 is 12.2 Å². The second-order valence-corrected chi connectivity index (χ2v) is 2.79. The zero-order valence-electron chi connectivity index (χ0n) is 6.18. The fraction of sp³-hybridized carbons (Fsp3) is 0.333. The number of H-pyrrole nitrogens is 2. The lowest BCUT2D eigenvalue weighted by Crippen LogP contribution is -2.17. The third kappa shape index (κ3) is 1.68. The zero-order chi connectivity index (χ0) is 8.43. The van der Waals surface area contributed by atoms with Gasteiger partial charge in [-0.3, -0.25) is 9.67 Å². The fourth-order valence-electron chi connectivity index (χ4n) is 0.748. The second kappa shape index (κ2) is 2.87. The van der Waals surface area contributed by atoms with E-state index in [1.54, 1.807) is 0 Å². The Morgan fingerprint density at radius 1 is 1.73 bits per heavy atom. The summed E-state index contributed by atoms with van der Waals surface area (Å²) in [5.74, 6) is 0. The van der Waals surface area contributed by atoms with E-state index in [1.807, 2.05) is 6.92 Å². The summed E-state index contributed by atoms with van der Waals surface area (Å²) in [5.41, 5.74) is 0.671. The molecule has 0 fully saturated rings. The number of rotatable bonds is 2. The molecule has 0 radical (unpaired) electrons. The van der Waals surface area contributed by atoms with E-state index in [1.165, 1.54) is 4.57 Å². The summed E-state index contributed by atoms with van der Waals surface area (Å²) < 4.78 is 1.82. The largest absolute Gasteiger partial charge is 0.342 e. The monoisotopic (exact) mass is 171 g/mol. The molecule has 0 saturated carbocycles. The van der Waals surface area contributed by atoms with Gasteiger partial charge in [-0.1, -0.05) is 12.2 Å². The smallest absolute Gasteiger partial charge is 0.272 e. The molecule has 0 unspecified atom stereocenters. The second-order valence-electron chi connectivity index (χ2n) is 2.40. The van der Waals surface area contributed by atoms with Gasteiger partial charge in [-0.05, 0) is 19.1 Å². The molecule has 5 heteroatoms. The van der Waals surface area contributed by atoms with Gasteiger partial charge in [-0.25, -0.2) is 9.89 Å². The van der Waals surface area contributed by atoms with Crippen molar-refractivity contribution in [3.63, 3.8) is 0 Å². The van der Waals surface area contributed by atoms with E-state index in [9.17, 15) is 4.79 Å². The molecule has 2 N–H and O–H groups in total. The number of aromatic amines is 2. The Morgan fingerprint density at radius 2 is 2.36 bits per heavy atom. The molecular formula is C6H9N3OS. The van der Waals surface area contributed by atoms with Crippen molar-refractivity contribution in [3.05, 3.63) is 27.4 Å². The van der Waals surface area contributed by atoms with Crippen molar-refractivity contribution in [2.24, 2.45) is 0 Å². The van der Waals surface area contributed by atoms with Crippen LogP contribution in [0.3, 0.4) is 0 Å². The lowest BCUT2D eigenvalue weighted by Gasteiger charge is -1.96. The molecule has 0 aliphatic carbocycles. The molecule has 1 aromatic rings. The molecular weight excluding hydrogens is 162 g/mol. The predicted octanol–water partition coefficient (Wildman–Crippen LogP) is 0.810. The van der Waals surface area contributed by atoms with Crippen LogP contribution in [0.25, 0.3) is 0 Å². The minimum atomic E-state index is -0.224. The number of hydrogen-bond acceptors (Lipinski definition) is 2. The van der Waals surface area contributed by atoms with E-state index in [0.29, 0.717) is 11.3 Å². The Bertz CT molecular complexity index is 342. The number of nitrogens with one attached hydrogen (secondary N) is 2. The minimum absolute atomic E-state index is 0.224. The lowest BCUT2D eigenvalue weighted by molar-refractivity contribution is 0.741. The SMILES string of the molecule is C=C(C)Cn1c(=O)[nH][nH]c1=S. The summed E-state index contributed by atoms with van der Waals surface area (Å²) in [7, 11) is 0. The molecule has 0 aliphatic rings. The van der Waals surface area contributed by atoms with Crippen LogP contribution in [0.15, 0.2) is 16.9 Å². The Morgan fingerprint density at radius 3 is 2.73 bits per heavy atom. The van der Waals surface area contributed by atoms with E-state index < -0.39 is 0 Å². The first-order valence-electron chi connectivity index (χ1n) is 3.13.